The van der Waals surface area contributed by atoms with Crippen molar-refractivity contribution in [1.29, 1.82) is 0 Å². The maximum atomic E-state index is 12.5. The molecule has 1 aliphatic heterocycles. The number of nitrogens with zero attached hydrogens (tertiary/aromatic N) is 1. The lowest BCUT2D eigenvalue weighted by Crippen LogP contribution is -2.29. The number of carbonyl (C=O) groups is 1. The second kappa shape index (κ2) is 9.70. The molecule has 1 atom stereocenters. The molecule has 1 heterocycles. The van der Waals surface area contributed by atoms with E-state index in [1.807, 2.05) is 6.07 Å². The Balaban J connectivity index is 1.50. The topological polar surface area (TPSA) is 103 Å². The normalized spacial score (nSPS) is 15.8. The van der Waals surface area contributed by atoms with Crippen molar-refractivity contribution < 1.29 is 19.2 Å². The zero-order valence-corrected chi connectivity index (χ0v) is 15.4. The van der Waals surface area contributed by atoms with Crippen molar-refractivity contribution in [2.24, 2.45) is 0 Å². The third kappa shape index (κ3) is 5.20. The van der Waals surface area contributed by atoms with Crippen LogP contribution in [0.15, 0.2) is 48.5 Å². The number of carbonyl (C=O) groups excluding carboxylic acids is 1. The van der Waals surface area contributed by atoms with Crippen molar-refractivity contribution in [3.05, 3.63) is 64.2 Å². The second-order valence-corrected chi connectivity index (χ2v) is 6.40. The third-order valence-electron chi connectivity index (χ3n) is 4.41. The molecule has 0 aliphatic carbocycles. The molecule has 2 aromatic carbocycles. The molecule has 2 aromatic rings. The molecule has 0 spiro atoms. The van der Waals surface area contributed by atoms with Crippen LogP contribution in [-0.2, 0) is 4.74 Å². The Morgan fingerprint density at radius 3 is 2.75 bits per heavy atom. The van der Waals surface area contributed by atoms with Gasteiger partial charge in [0.05, 0.1) is 16.6 Å². The van der Waals surface area contributed by atoms with Crippen molar-refractivity contribution in [1.82, 2.24) is 5.32 Å². The number of amides is 1. The van der Waals surface area contributed by atoms with E-state index >= 15 is 0 Å². The number of rotatable bonds is 9. The predicted octanol–water partition coefficient (Wildman–Crippen LogP) is 2.99. The number of nitro groups is 1. The van der Waals surface area contributed by atoms with Gasteiger partial charge < -0.3 is 20.1 Å². The number of nitrogens with one attached hydrogen (secondary N) is 2. The number of anilines is 1. The molecular weight excluding hydrogens is 362 g/mol. The zero-order valence-electron chi connectivity index (χ0n) is 15.4. The van der Waals surface area contributed by atoms with E-state index < -0.39 is 4.92 Å². The Hall–Kier alpha value is -3.13. The summed E-state index contributed by atoms with van der Waals surface area (Å²) in [7, 11) is 0. The van der Waals surface area contributed by atoms with Crippen LogP contribution in [-0.4, -0.2) is 43.2 Å². The van der Waals surface area contributed by atoms with Gasteiger partial charge in [-0.05, 0) is 31.0 Å². The van der Waals surface area contributed by atoms with Crippen molar-refractivity contribution in [2.75, 3.05) is 31.6 Å². The van der Waals surface area contributed by atoms with E-state index in [1.165, 1.54) is 6.07 Å². The third-order valence-corrected chi connectivity index (χ3v) is 4.41. The number of hydrogen-bond donors (Lipinski definition) is 2. The van der Waals surface area contributed by atoms with E-state index in [4.69, 9.17) is 9.47 Å². The first kappa shape index (κ1) is 19.6. The average Bonchev–Trinajstić information content (AvgIpc) is 3.23. The molecule has 1 saturated heterocycles. The number of benzene rings is 2. The molecule has 1 unspecified atom stereocenters. The van der Waals surface area contributed by atoms with E-state index in [2.05, 4.69) is 10.6 Å². The zero-order chi connectivity index (χ0) is 19.8. The number of nitro benzene ring substituents is 1. The van der Waals surface area contributed by atoms with E-state index in [0.717, 1.165) is 19.4 Å². The Kier molecular flexibility index (Phi) is 6.80. The van der Waals surface area contributed by atoms with Crippen LogP contribution >= 0.6 is 0 Å². The molecule has 0 bridgehead atoms. The largest absolute Gasteiger partial charge is 0.490 e. The lowest BCUT2D eigenvalue weighted by Gasteiger charge is -2.14. The molecule has 1 aliphatic rings. The summed E-state index contributed by atoms with van der Waals surface area (Å²) < 4.78 is 11.3. The summed E-state index contributed by atoms with van der Waals surface area (Å²) in [5.41, 5.74) is 0.870. The summed E-state index contributed by atoms with van der Waals surface area (Å²) in [5.74, 6) is 0.259. The molecule has 0 radical (unpaired) electrons. The van der Waals surface area contributed by atoms with Crippen molar-refractivity contribution in [2.45, 2.75) is 18.9 Å². The molecular formula is C20H23N3O5. The fraction of sp³-hybridized carbons (Fsp3) is 0.350. The summed E-state index contributed by atoms with van der Waals surface area (Å²) in [5, 5.41) is 16.8. The van der Waals surface area contributed by atoms with Gasteiger partial charge in [-0.1, -0.05) is 24.3 Å². The summed E-state index contributed by atoms with van der Waals surface area (Å²) in [6, 6.07) is 13.5. The van der Waals surface area contributed by atoms with Crippen LogP contribution in [0.4, 0.5) is 11.4 Å². The molecule has 0 saturated carbocycles. The fourth-order valence-electron chi connectivity index (χ4n) is 2.99. The number of hydrogen-bond acceptors (Lipinski definition) is 6. The molecule has 148 valence electrons. The maximum Gasteiger partial charge on any atom is 0.292 e. The fourth-order valence-corrected chi connectivity index (χ4v) is 2.99. The van der Waals surface area contributed by atoms with E-state index in [9.17, 15) is 14.9 Å². The van der Waals surface area contributed by atoms with Crippen LogP contribution in [0.25, 0.3) is 0 Å². The van der Waals surface area contributed by atoms with Gasteiger partial charge in [0.2, 0.25) is 0 Å². The molecule has 3 rings (SSSR count). The first-order chi connectivity index (χ1) is 13.6. The van der Waals surface area contributed by atoms with Crippen LogP contribution in [0.1, 0.15) is 23.2 Å². The van der Waals surface area contributed by atoms with E-state index in [0.29, 0.717) is 36.7 Å². The average molecular weight is 385 g/mol. The van der Waals surface area contributed by atoms with Crippen LogP contribution in [0, 0.1) is 10.1 Å². The molecule has 2 N–H and O–H groups in total. The van der Waals surface area contributed by atoms with Gasteiger partial charge in [-0.2, -0.15) is 0 Å². The van der Waals surface area contributed by atoms with Crippen LogP contribution in [0.2, 0.25) is 0 Å². The van der Waals surface area contributed by atoms with Gasteiger partial charge in [0.15, 0.2) is 0 Å². The van der Waals surface area contributed by atoms with Crippen LogP contribution in [0.5, 0.6) is 5.75 Å². The minimum atomic E-state index is -0.442. The van der Waals surface area contributed by atoms with Crippen molar-refractivity contribution >= 4 is 17.3 Å². The quantitative estimate of drug-likeness (QED) is 0.391. The second-order valence-electron chi connectivity index (χ2n) is 6.40. The van der Waals surface area contributed by atoms with E-state index in [-0.39, 0.29) is 17.7 Å². The highest BCUT2D eigenvalue weighted by Gasteiger charge is 2.18. The molecule has 1 fully saturated rings. The molecule has 0 aromatic heterocycles. The highest BCUT2D eigenvalue weighted by Crippen LogP contribution is 2.23. The first-order valence-corrected chi connectivity index (χ1v) is 9.24. The van der Waals surface area contributed by atoms with Gasteiger partial charge in [0.1, 0.15) is 18.0 Å². The monoisotopic (exact) mass is 385 g/mol. The predicted molar refractivity (Wildman–Crippen MR) is 105 cm³/mol. The maximum absolute atomic E-state index is 12.5. The highest BCUT2D eigenvalue weighted by molar-refractivity contribution is 5.96. The van der Waals surface area contributed by atoms with Crippen LogP contribution in [0.3, 0.4) is 0 Å². The Morgan fingerprint density at radius 1 is 1.18 bits per heavy atom. The van der Waals surface area contributed by atoms with Gasteiger partial charge in [-0.3, -0.25) is 14.9 Å². The molecule has 8 nitrogen and oxygen atoms in total. The molecule has 8 heteroatoms. The lowest BCUT2D eigenvalue weighted by atomic mass is 10.2. The van der Waals surface area contributed by atoms with Crippen LogP contribution < -0.4 is 15.4 Å². The van der Waals surface area contributed by atoms with Crippen molar-refractivity contribution in [3.8, 4) is 5.75 Å². The Labute approximate surface area is 163 Å². The van der Waals surface area contributed by atoms with Crippen molar-refractivity contribution in [3.63, 3.8) is 0 Å². The number of para-hydroxylation sites is 3. The summed E-state index contributed by atoms with van der Waals surface area (Å²) >= 11 is 0. The van der Waals surface area contributed by atoms with Gasteiger partial charge in [-0.25, -0.2) is 0 Å². The van der Waals surface area contributed by atoms with Gasteiger partial charge in [0.25, 0.3) is 11.6 Å². The number of ether oxygens (including phenoxy) is 2. The van der Waals surface area contributed by atoms with Gasteiger partial charge >= 0.3 is 0 Å². The molecule has 1 amide bonds. The van der Waals surface area contributed by atoms with Gasteiger partial charge in [-0.15, -0.1) is 0 Å². The highest BCUT2D eigenvalue weighted by atomic mass is 16.6. The lowest BCUT2D eigenvalue weighted by molar-refractivity contribution is -0.384. The minimum absolute atomic E-state index is 0.00158. The summed E-state index contributed by atoms with van der Waals surface area (Å²) in [6.45, 7) is 1.84. The van der Waals surface area contributed by atoms with Gasteiger partial charge in [0, 0.05) is 25.8 Å². The smallest absolute Gasteiger partial charge is 0.292 e. The van der Waals surface area contributed by atoms with E-state index in [1.54, 1.807) is 36.4 Å². The summed E-state index contributed by atoms with van der Waals surface area (Å²) in [6.07, 6.45) is 2.07. The minimum Gasteiger partial charge on any atom is -0.490 e. The Morgan fingerprint density at radius 2 is 1.96 bits per heavy atom. The standard InChI is InChI=1S/C20H23N3O5/c24-20(22-12-11-21-17-8-2-3-9-18(17)23(25)26)16-7-1-4-10-19(16)28-14-15-6-5-13-27-15/h1-4,7-10,15,21H,5-6,11-14H2,(H,22,24). The first-order valence-electron chi connectivity index (χ1n) is 9.24. The SMILES string of the molecule is O=C(NCCNc1ccccc1[N+](=O)[O-])c1ccccc1OCC1CCCO1. The summed E-state index contributed by atoms with van der Waals surface area (Å²) in [4.78, 5) is 23.1. The molecule has 28 heavy (non-hydrogen) atoms. The Bertz CT molecular complexity index is 821.